The van der Waals surface area contributed by atoms with Gasteiger partial charge in [-0.05, 0) is 74.5 Å². The first kappa shape index (κ1) is 41.5. The highest BCUT2D eigenvalue weighted by molar-refractivity contribution is 7.99. The number of methoxy groups -OCH3 is 2. The molecule has 61 heavy (non-hydrogen) atoms. The number of aryl methyl sites for hydroxylation is 1. The third-order valence-electron chi connectivity index (χ3n) is 13.9. The summed E-state index contributed by atoms with van der Waals surface area (Å²) in [4.78, 5) is 33.3. The van der Waals surface area contributed by atoms with E-state index in [2.05, 4.69) is 34.2 Å². The Labute approximate surface area is 360 Å². The Morgan fingerprint density at radius 1 is 1.02 bits per heavy atom. The molecule has 0 aliphatic carbocycles. The number of aromatic hydroxyl groups is 2. The number of hydrogen-bond acceptors (Lipinski definition) is 15. The van der Waals surface area contributed by atoms with Crippen molar-refractivity contribution in [2.75, 3.05) is 47.0 Å². The van der Waals surface area contributed by atoms with Crippen molar-refractivity contribution in [2.45, 2.75) is 113 Å². The number of nitrogens with one attached hydrogen (secondary N) is 1. The number of thioether (sulfide) groups is 1. The van der Waals surface area contributed by atoms with Crippen LogP contribution in [0.25, 0.3) is 0 Å². The zero-order valence-corrected chi connectivity index (χ0v) is 36.4. The molecular formula is C46H54N4O10S. The molecule has 7 aliphatic rings. The number of likely N-dealkylation sites (N-methyl/N-ethyl adjacent to an activating group) is 1. The van der Waals surface area contributed by atoms with Crippen molar-refractivity contribution in [1.29, 1.82) is 5.26 Å². The highest BCUT2D eigenvalue weighted by Gasteiger charge is 2.62. The molecule has 1 spiro atoms. The first-order valence-corrected chi connectivity index (χ1v) is 22.4. The second kappa shape index (κ2) is 16.1. The lowest BCUT2D eigenvalue weighted by Crippen LogP contribution is -2.69. The number of benzene rings is 3. The monoisotopic (exact) mass is 854 g/mol. The van der Waals surface area contributed by atoms with Crippen LogP contribution in [0.2, 0.25) is 0 Å². The van der Waals surface area contributed by atoms with Gasteiger partial charge in [-0.2, -0.15) is 5.26 Å². The second-order valence-corrected chi connectivity index (χ2v) is 18.3. The van der Waals surface area contributed by atoms with Gasteiger partial charge in [-0.3, -0.25) is 19.9 Å². The van der Waals surface area contributed by atoms with Gasteiger partial charge in [0, 0.05) is 53.1 Å². The summed E-state index contributed by atoms with van der Waals surface area (Å²) in [7, 11) is 5.03. The number of fused-ring (bicyclic) bond motifs is 9. The first-order chi connectivity index (χ1) is 29.5. The second-order valence-electron chi connectivity index (χ2n) is 17.1. The maximum absolute atomic E-state index is 14.9. The summed E-state index contributed by atoms with van der Waals surface area (Å²) in [5.74, 6) is 1.26. The topological polar surface area (TPSA) is 172 Å². The van der Waals surface area contributed by atoms with Crippen molar-refractivity contribution in [2.24, 2.45) is 0 Å². The summed E-state index contributed by atoms with van der Waals surface area (Å²) in [6.07, 6.45) is 6.14. The minimum absolute atomic E-state index is 0.0186. The van der Waals surface area contributed by atoms with Gasteiger partial charge in [0.2, 0.25) is 6.79 Å². The molecule has 3 aromatic rings. The van der Waals surface area contributed by atoms with Crippen LogP contribution in [-0.2, 0) is 32.7 Å². The lowest BCUT2D eigenvalue weighted by molar-refractivity contribution is -0.157. The molecule has 2 fully saturated rings. The average molecular weight is 855 g/mol. The van der Waals surface area contributed by atoms with Crippen LogP contribution >= 0.6 is 11.8 Å². The Kier molecular flexibility index (Phi) is 10.9. The van der Waals surface area contributed by atoms with E-state index in [-0.39, 0.29) is 54.8 Å². The Balaban J connectivity index is 1.28. The fourth-order valence-electron chi connectivity index (χ4n) is 11.1. The average Bonchev–Trinajstić information content (AvgIpc) is 3.74. The number of phenolic OH excluding ortho intramolecular Hbond substituents is 2. The molecular weight excluding hydrogens is 801 g/mol. The van der Waals surface area contributed by atoms with E-state index >= 15 is 0 Å². The van der Waals surface area contributed by atoms with Gasteiger partial charge in [-0.1, -0.05) is 38.7 Å². The molecule has 15 heteroatoms. The predicted octanol–water partition coefficient (Wildman–Crippen LogP) is 6.33. The summed E-state index contributed by atoms with van der Waals surface area (Å²) in [6, 6.07) is 5.35. The molecule has 0 amide bonds. The summed E-state index contributed by atoms with van der Waals surface area (Å²) in [5, 5.41) is 37.3. The summed E-state index contributed by atoms with van der Waals surface area (Å²) >= 11 is 1.51. The SMILES string of the molecule is CCCCCCCC(=O)Oc1c(C)c2c(c3c1[C@H]1SC[C@]4(NCCc5cc(O)c(OC)cc54)C(=O)OC[C@@H]3N3C1[C@H]1c4c(cc(C)c(OC)c4O)C[C@@H]([C@@H]3C#N)N1C)OCO2. The van der Waals surface area contributed by atoms with Gasteiger partial charge in [0.05, 0.1) is 37.6 Å². The molecule has 7 heterocycles. The van der Waals surface area contributed by atoms with Crippen LogP contribution < -0.4 is 29.0 Å². The Bertz CT molecular complexity index is 2330. The summed E-state index contributed by atoms with van der Waals surface area (Å²) in [6.45, 7) is 6.16. The van der Waals surface area contributed by atoms with E-state index in [0.29, 0.717) is 71.1 Å². The molecule has 2 saturated heterocycles. The van der Waals surface area contributed by atoms with Gasteiger partial charge >= 0.3 is 11.9 Å². The number of carbonyl (C=O) groups is 2. The largest absolute Gasteiger partial charge is 0.504 e. The molecule has 7 atom stereocenters. The van der Waals surface area contributed by atoms with Gasteiger partial charge in [0.25, 0.3) is 0 Å². The van der Waals surface area contributed by atoms with E-state index in [9.17, 15) is 25.1 Å². The molecule has 4 bridgehead atoms. The van der Waals surface area contributed by atoms with Crippen LogP contribution in [0.15, 0.2) is 18.2 Å². The molecule has 324 valence electrons. The summed E-state index contributed by atoms with van der Waals surface area (Å²) < 4.78 is 36.9. The number of rotatable bonds is 9. The quantitative estimate of drug-likeness (QED) is 0.124. The van der Waals surface area contributed by atoms with Gasteiger partial charge in [-0.15, -0.1) is 11.8 Å². The van der Waals surface area contributed by atoms with E-state index in [1.165, 1.54) is 18.9 Å². The third-order valence-corrected chi connectivity index (χ3v) is 15.4. The summed E-state index contributed by atoms with van der Waals surface area (Å²) in [5.41, 5.74) is 4.54. The van der Waals surface area contributed by atoms with Crippen molar-refractivity contribution in [1.82, 2.24) is 15.1 Å². The van der Waals surface area contributed by atoms with Crippen LogP contribution in [0, 0.1) is 25.2 Å². The number of unbranched alkanes of at least 4 members (excludes halogenated alkanes) is 4. The van der Waals surface area contributed by atoms with Gasteiger partial charge in [0.15, 0.2) is 40.0 Å². The van der Waals surface area contributed by atoms with E-state index < -0.39 is 40.9 Å². The molecule has 1 unspecified atom stereocenters. The van der Waals surface area contributed by atoms with E-state index in [1.807, 2.05) is 20.9 Å². The van der Waals surface area contributed by atoms with Crippen LogP contribution in [0.5, 0.6) is 40.2 Å². The lowest BCUT2D eigenvalue weighted by atomic mass is 9.71. The number of esters is 2. The minimum Gasteiger partial charge on any atom is -0.504 e. The van der Waals surface area contributed by atoms with E-state index in [0.717, 1.165) is 47.9 Å². The van der Waals surface area contributed by atoms with Crippen molar-refractivity contribution in [3.63, 3.8) is 0 Å². The molecule has 3 aromatic carbocycles. The Hall–Kier alpha value is -4.88. The van der Waals surface area contributed by atoms with Crippen molar-refractivity contribution in [3.8, 4) is 46.3 Å². The molecule has 14 nitrogen and oxygen atoms in total. The number of ether oxygens (including phenoxy) is 6. The van der Waals surface area contributed by atoms with Gasteiger partial charge < -0.3 is 38.6 Å². The van der Waals surface area contributed by atoms with Crippen LogP contribution in [-0.4, -0.2) is 97.0 Å². The van der Waals surface area contributed by atoms with E-state index in [1.54, 1.807) is 19.2 Å². The zero-order valence-electron chi connectivity index (χ0n) is 35.6. The fraction of sp³-hybridized carbons (Fsp3) is 0.543. The highest BCUT2D eigenvalue weighted by atomic mass is 32.2. The number of carbonyl (C=O) groups excluding carboxylic acids is 2. The molecule has 3 N–H and O–H groups in total. The highest BCUT2D eigenvalue weighted by Crippen LogP contribution is 2.64. The van der Waals surface area contributed by atoms with Gasteiger partial charge in [0.1, 0.15) is 18.4 Å². The normalized spacial score (nSPS) is 27.3. The van der Waals surface area contributed by atoms with Crippen molar-refractivity contribution < 1.29 is 48.2 Å². The third kappa shape index (κ3) is 6.38. The molecule has 7 aliphatic heterocycles. The molecule has 0 aromatic heterocycles. The number of hydrogen-bond donors (Lipinski definition) is 3. The molecule has 0 saturated carbocycles. The minimum atomic E-state index is -1.37. The van der Waals surface area contributed by atoms with Crippen molar-refractivity contribution in [3.05, 3.63) is 62.7 Å². The number of nitrogens with zero attached hydrogens (tertiary/aromatic N) is 3. The number of phenols is 2. The van der Waals surface area contributed by atoms with E-state index in [4.69, 9.17) is 28.4 Å². The molecule has 10 rings (SSSR count). The standard InChI is InChI=1S/C46H54N4O10S/c1-7-8-9-10-11-12-33(52)60-41-24(3)42-43(59-22-58-42)35-30-20-57-45(54)46(27-18-32(55-5)31(51)17-25(27)13-14-48-46)21-61-44(36(35)41)38-37-34-26(15-23(2)40(56-6)39(34)53)16-28(49(37)4)29(19-47)50(30)38/h15,17-18,28-30,37-38,44,48,51,53H,7-14,16,20-22H2,1-6H3/t28-,29-,30-,37+,38?,44+,46+/m0/s1. The maximum atomic E-state index is 14.9. The Morgan fingerprint density at radius 2 is 1.80 bits per heavy atom. The fourth-order valence-corrected chi connectivity index (χ4v) is 12.8. The number of nitriles is 1. The number of piperazine rings is 1. The lowest BCUT2D eigenvalue weighted by Gasteiger charge is -2.62. The van der Waals surface area contributed by atoms with Crippen LogP contribution in [0.1, 0.15) is 107 Å². The smallest absolute Gasteiger partial charge is 0.331 e. The first-order valence-electron chi connectivity index (χ1n) is 21.4. The maximum Gasteiger partial charge on any atom is 0.331 e. The predicted molar refractivity (Wildman–Crippen MR) is 226 cm³/mol. The van der Waals surface area contributed by atoms with Crippen LogP contribution in [0.3, 0.4) is 0 Å². The van der Waals surface area contributed by atoms with Crippen molar-refractivity contribution >= 4 is 23.7 Å². The van der Waals surface area contributed by atoms with Gasteiger partial charge in [-0.25, -0.2) is 4.79 Å². The van der Waals surface area contributed by atoms with Crippen LogP contribution in [0.4, 0.5) is 0 Å². The molecule has 0 radical (unpaired) electrons. The zero-order chi connectivity index (χ0) is 42.9. The Morgan fingerprint density at radius 3 is 2.56 bits per heavy atom.